The molecule has 0 atom stereocenters. The predicted molar refractivity (Wildman–Crippen MR) is 72.3 cm³/mol. The first-order chi connectivity index (χ1) is 8.81. The summed E-state index contributed by atoms with van der Waals surface area (Å²) < 4.78 is 5.37. The SMILES string of the molecule is Cc1[nH]c(CCCCCCN)nc1-c1ccco1. The van der Waals surface area contributed by atoms with Gasteiger partial charge in [-0.1, -0.05) is 12.8 Å². The monoisotopic (exact) mass is 247 g/mol. The molecule has 3 N–H and O–H groups in total. The highest BCUT2D eigenvalue weighted by Crippen LogP contribution is 2.21. The van der Waals surface area contributed by atoms with E-state index in [1.807, 2.05) is 19.1 Å². The van der Waals surface area contributed by atoms with E-state index in [2.05, 4.69) is 9.97 Å². The average molecular weight is 247 g/mol. The van der Waals surface area contributed by atoms with Gasteiger partial charge in [0.25, 0.3) is 0 Å². The number of imidazole rings is 1. The van der Waals surface area contributed by atoms with Crippen LogP contribution in [0.2, 0.25) is 0 Å². The van der Waals surface area contributed by atoms with Crippen molar-refractivity contribution < 1.29 is 4.42 Å². The fourth-order valence-electron chi connectivity index (χ4n) is 2.08. The van der Waals surface area contributed by atoms with Gasteiger partial charge in [0.05, 0.1) is 6.26 Å². The molecule has 0 aliphatic rings. The van der Waals surface area contributed by atoms with Crippen LogP contribution in [-0.2, 0) is 6.42 Å². The summed E-state index contributed by atoms with van der Waals surface area (Å²) in [5, 5.41) is 0. The third-order valence-electron chi connectivity index (χ3n) is 3.06. The van der Waals surface area contributed by atoms with Crippen LogP contribution in [0, 0.1) is 6.92 Å². The standard InChI is InChI=1S/C14H21N3O/c1-11-14(12-7-6-10-18-12)17-13(16-11)8-4-2-3-5-9-15/h6-7,10H,2-5,8-9,15H2,1H3,(H,16,17). The summed E-state index contributed by atoms with van der Waals surface area (Å²) in [5.41, 5.74) is 7.47. The zero-order valence-electron chi connectivity index (χ0n) is 10.9. The number of aromatic amines is 1. The minimum atomic E-state index is 0.794. The van der Waals surface area contributed by atoms with Gasteiger partial charge in [-0.25, -0.2) is 4.98 Å². The molecule has 2 rings (SSSR count). The maximum absolute atomic E-state index is 5.47. The Bertz CT molecular complexity index is 459. The van der Waals surface area contributed by atoms with Crippen LogP contribution in [-0.4, -0.2) is 16.5 Å². The summed E-state index contributed by atoms with van der Waals surface area (Å²) in [4.78, 5) is 7.92. The Hall–Kier alpha value is -1.55. The molecule has 2 aromatic rings. The molecule has 0 radical (unpaired) electrons. The zero-order chi connectivity index (χ0) is 12.8. The topological polar surface area (TPSA) is 67.8 Å². The van der Waals surface area contributed by atoms with Crippen molar-refractivity contribution in [1.29, 1.82) is 0 Å². The lowest BCUT2D eigenvalue weighted by Crippen LogP contribution is -1.98. The number of H-pyrrole nitrogens is 1. The summed E-state index contributed by atoms with van der Waals surface area (Å²) in [7, 11) is 0. The van der Waals surface area contributed by atoms with E-state index in [4.69, 9.17) is 10.2 Å². The highest BCUT2D eigenvalue weighted by molar-refractivity contribution is 5.55. The van der Waals surface area contributed by atoms with Gasteiger partial charge < -0.3 is 15.1 Å². The van der Waals surface area contributed by atoms with Crippen LogP contribution in [0.5, 0.6) is 0 Å². The van der Waals surface area contributed by atoms with Gasteiger partial charge in [0.1, 0.15) is 11.5 Å². The van der Waals surface area contributed by atoms with E-state index in [-0.39, 0.29) is 0 Å². The summed E-state index contributed by atoms with van der Waals surface area (Å²) in [6.07, 6.45) is 7.37. The summed E-state index contributed by atoms with van der Waals surface area (Å²) in [6.45, 7) is 2.82. The molecular weight excluding hydrogens is 226 g/mol. The van der Waals surface area contributed by atoms with E-state index < -0.39 is 0 Å². The minimum Gasteiger partial charge on any atom is -0.463 e. The average Bonchev–Trinajstić information content (AvgIpc) is 2.98. The first-order valence-electron chi connectivity index (χ1n) is 6.60. The van der Waals surface area contributed by atoms with E-state index in [0.717, 1.165) is 48.8 Å². The summed E-state index contributed by atoms with van der Waals surface area (Å²) >= 11 is 0. The van der Waals surface area contributed by atoms with E-state index in [1.54, 1.807) is 6.26 Å². The molecule has 0 fully saturated rings. The van der Waals surface area contributed by atoms with Crippen LogP contribution in [0.4, 0.5) is 0 Å². The van der Waals surface area contributed by atoms with Crippen molar-refractivity contribution in [1.82, 2.24) is 9.97 Å². The van der Waals surface area contributed by atoms with Crippen LogP contribution in [0.1, 0.15) is 37.2 Å². The van der Waals surface area contributed by atoms with Crippen molar-refractivity contribution in [2.45, 2.75) is 39.0 Å². The van der Waals surface area contributed by atoms with Crippen molar-refractivity contribution in [3.8, 4) is 11.5 Å². The molecule has 0 unspecified atom stereocenters. The Morgan fingerprint density at radius 3 is 2.83 bits per heavy atom. The summed E-state index contributed by atoms with van der Waals surface area (Å²) in [5.74, 6) is 1.88. The van der Waals surface area contributed by atoms with Crippen LogP contribution >= 0.6 is 0 Å². The maximum atomic E-state index is 5.47. The lowest BCUT2D eigenvalue weighted by molar-refractivity contribution is 0.579. The Labute approximate surface area is 108 Å². The number of nitrogens with zero attached hydrogens (tertiary/aromatic N) is 1. The van der Waals surface area contributed by atoms with Crippen LogP contribution < -0.4 is 5.73 Å². The van der Waals surface area contributed by atoms with Crippen molar-refractivity contribution in [2.24, 2.45) is 5.73 Å². The molecule has 4 nitrogen and oxygen atoms in total. The molecule has 2 heterocycles. The van der Waals surface area contributed by atoms with E-state index >= 15 is 0 Å². The van der Waals surface area contributed by atoms with E-state index in [0.29, 0.717) is 0 Å². The molecule has 0 bridgehead atoms. The van der Waals surface area contributed by atoms with Gasteiger partial charge in [0, 0.05) is 12.1 Å². The number of hydrogen-bond donors (Lipinski definition) is 2. The molecule has 98 valence electrons. The van der Waals surface area contributed by atoms with Gasteiger partial charge >= 0.3 is 0 Å². The highest BCUT2D eigenvalue weighted by atomic mass is 16.3. The number of rotatable bonds is 7. The second-order valence-electron chi connectivity index (χ2n) is 4.59. The molecule has 18 heavy (non-hydrogen) atoms. The van der Waals surface area contributed by atoms with Crippen molar-refractivity contribution in [3.63, 3.8) is 0 Å². The van der Waals surface area contributed by atoms with Crippen molar-refractivity contribution in [3.05, 3.63) is 29.9 Å². The molecule has 0 aromatic carbocycles. The molecule has 2 aromatic heterocycles. The first-order valence-corrected chi connectivity index (χ1v) is 6.60. The van der Waals surface area contributed by atoms with Gasteiger partial charge in [0.15, 0.2) is 5.76 Å². The number of hydrogen-bond acceptors (Lipinski definition) is 3. The van der Waals surface area contributed by atoms with Gasteiger partial charge in [-0.05, 0) is 38.4 Å². The number of unbranched alkanes of at least 4 members (excludes halogenated alkanes) is 3. The molecule has 0 amide bonds. The number of furan rings is 1. The smallest absolute Gasteiger partial charge is 0.154 e. The van der Waals surface area contributed by atoms with Gasteiger partial charge in [-0.3, -0.25) is 0 Å². The number of nitrogens with two attached hydrogens (primary N) is 1. The zero-order valence-corrected chi connectivity index (χ0v) is 10.9. The first kappa shape index (κ1) is 12.9. The van der Waals surface area contributed by atoms with E-state index in [1.165, 1.54) is 12.8 Å². The number of aromatic nitrogens is 2. The van der Waals surface area contributed by atoms with E-state index in [9.17, 15) is 0 Å². The second kappa shape index (κ2) is 6.40. The third-order valence-corrected chi connectivity index (χ3v) is 3.06. The molecule has 0 spiro atoms. The Morgan fingerprint density at radius 1 is 1.28 bits per heavy atom. The van der Waals surface area contributed by atoms with Crippen LogP contribution in [0.25, 0.3) is 11.5 Å². The quantitative estimate of drug-likeness (QED) is 0.739. The molecule has 0 aliphatic carbocycles. The molecule has 0 saturated carbocycles. The molecule has 0 saturated heterocycles. The van der Waals surface area contributed by atoms with Crippen LogP contribution in [0.15, 0.2) is 22.8 Å². The van der Waals surface area contributed by atoms with Gasteiger partial charge in [-0.15, -0.1) is 0 Å². The third kappa shape index (κ3) is 3.23. The maximum Gasteiger partial charge on any atom is 0.154 e. The molecular formula is C14H21N3O. The Balaban J connectivity index is 1.89. The molecule has 4 heteroatoms. The van der Waals surface area contributed by atoms with Gasteiger partial charge in [-0.2, -0.15) is 0 Å². The highest BCUT2D eigenvalue weighted by Gasteiger charge is 2.10. The fourth-order valence-corrected chi connectivity index (χ4v) is 2.08. The number of aryl methyl sites for hydroxylation is 2. The molecule has 0 aliphatic heterocycles. The largest absolute Gasteiger partial charge is 0.463 e. The van der Waals surface area contributed by atoms with Crippen molar-refractivity contribution >= 4 is 0 Å². The fraction of sp³-hybridized carbons (Fsp3) is 0.500. The Kier molecular flexibility index (Phi) is 4.59. The lowest BCUT2D eigenvalue weighted by Gasteiger charge is -1.97. The second-order valence-corrected chi connectivity index (χ2v) is 4.59. The van der Waals surface area contributed by atoms with Gasteiger partial charge in [0.2, 0.25) is 0 Å². The number of nitrogens with one attached hydrogen (secondary N) is 1. The minimum absolute atomic E-state index is 0.794. The normalized spacial score (nSPS) is 11.0. The Morgan fingerprint density at radius 2 is 2.11 bits per heavy atom. The predicted octanol–water partition coefficient (Wildman–Crippen LogP) is 3.04. The van der Waals surface area contributed by atoms with Crippen LogP contribution in [0.3, 0.4) is 0 Å². The van der Waals surface area contributed by atoms with Crippen molar-refractivity contribution in [2.75, 3.05) is 6.54 Å². The lowest BCUT2D eigenvalue weighted by atomic mass is 10.1. The summed E-state index contributed by atoms with van der Waals surface area (Å²) in [6, 6.07) is 3.82.